The Bertz CT molecular complexity index is 1870. The SMILES string of the molecule is CC1(C)Cc2c(-c3cc(NC(=O)C4CCN(Cc5cc(F)c6c(c5)C(=O)N(C5CCC(=O)NC5=O)C6=O)CC4)ncc3Cl)cnn2C1. The zero-order valence-corrected chi connectivity index (χ0v) is 26.7. The number of imide groups is 2. The molecule has 2 aromatic heterocycles. The van der Waals surface area contributed by atoms with Gasteiger partial charge in [-0.2, -0.15) is 5.10 Å². The Kier molecular flexibility index (Phi) is 7.71. The second kappa shape index (κ2) is 11.6. The number of nitrogens with one attached hydrogen (secondary N) is 2. The number of nitrogens with zero attached hydrogens (tertiary/aromatic N) is 5. The minimum absolute atomic E-state index is 0.00650. The second-order valence-corrected chi connectivity index (χ2v) is 13.9. The second-order valence-electron chi connectivity index (χ2n) is 13.5. The van der Waals surface area contributed by atoms with Crippen LogP contribution in [0.15, 0.2) is 30.6 Å². The number of anilines is 1. The normalized spacial score (nSPS) is 21.2. The molecule has 12 nitrogen and oxygen atoms in total. The summed E-state index contributed by atoms with van der Waals surface area (Å²) in [6, 6.07) is 3.35. The molecule has 5 amide bonds. The molecule has 47 heavy (non-hydrogen) atoms. The fraction of sp³-hybridized carbons (Fsp3) is 0.424. The standard InChI is InChI=1S/C33H33ClFN7O5/c1-33(2)12-25-21(13-37-41(25)16-33)19-11-26(36-14-22(19)34)38-29(44)18-5-7-40(8-6-18)15-17-9-20-28(23(35)10-17)32(47)42(31(20)46)24-3-4-27(43)39-30(24)45/h9-11,13-14,18,24H,3-8,12,15-16H2,1-2H3,(H,36,38,44)(H,39,43,45). The minimum atomic E-state index is -1.16. The number of fused-ring (bicyclic) bond motifs is 2. The van der Waals surface area contributed by atoms with Crippen LogP contribution < -0.4 is 10.6 Å². The van der Waals surface area contributed by atoms with Crippen molar-refractivity contribution in [3.63, 3.8) is 0 Å². The maximum Gasteiger partial charge on any atom is 0.265 e. The molecule has 7 rings (SSSR count). The molecule has 0 bridgehead atoms. The third kappa shape index (κ3) is 5.71. The van der Waals surface area contributed by atoms with Crippen LogP contribution in [0.5, 0.6) is 0 Å². The highest BCUT2D eigenvalue weighted by atomic mass is 35.5. The summed E-state index contributed by atoms with van der Waals surface area (Å²) in [6.45, 7) is 6.65. The largest absolute Gasteiger partial charge is 0.310 e. The fourth-order valence-electron chi connectivity index (χ4n) is 7.12. The van der Waals surface area contributed by atoms with Gasteiger partial charge in [0.2, 0.25) is 17.7 Å². The van der Waals surface area contributed by atoms with Crippen LogP contribution in [0.1, 0.15) is 71.5 Å². The Morgan fingerprint density at radius 1 is 1.04 bits per heavy atom. The zero-order valence-electron chi connectivity index (χ0n) is 25.9. The minimum Gasteiger partial charge on any atom is -0.310 e. The Morgan fingerprint density at radius 2 is 1.81 bits per heavy atom. The number of piperidine rings is 2. The lowest BCUT2D eigenvalue weighted by Gasteiger charge is -2.31. The maximum atomic E-state index is 15.2. The van der Waals surface area contributed by atoms with Gasteiger partial charge in [-0.25, -0.2) is 9.37 Å². The molecule has 14 heteroatoms. The van der Waals surface area contributed by atoms with E-state index in [9.17, 15) is 24.0 Å². The number of halogens is 2. The van der Waals surface area contributed by atoms with Crippen molar-refractivity contribution in [2.24, 2.45) is 11.3 Å². The maximum absolute atomic E-state index is 15.2. The molecule has 0 saturated carbocycles. The highest BCUT2D eigenvalue weighted by Gasteiger charge is 2.46. The van der Waals surface area contributed by atoms with Crippen LogP contribution >= 0.6 is 11.6 Å². The van der Waals surface area contributed by atoms with Gasteiger partial charge in [-0.3, -0.25) is 43.8 Å². The lowest BCUT2D eigenvalue weighted by atomic mass is 9.89. The topological polar surface area (TPSA) is 147 Å². The van der Waals surface area contributed by atoms with Crippen molar-refractivity contribution in [1.82, 2.24) is 29.9 Å². The number of hydrogen-bond donors (Lipinski definition) is 2. The van der Waals surface area contributed by atoms with Crippen molar-refractivity contribution in [2.45, 2.75) is 65.1 Å². The number of amides is 5. The van der Waals surface area contributed by atoms with E-state index < -0.39 is 35.5 Å². The van der Waals surface area contributed by atoms with Gasteiger partial charge in [-0.05, 0) is 68.0 Å². The summed E-state index contributed by atoms with van der Waals surface area (Å²) in [7, 11) is 0. The predicted molar refractivity (Wildman–Crippen MR) is 168 cm³/mol. The van der Waals surface area contributed by atoms with Gasteiger partial charge in [0.15, 0.2) is 0 Å². The molecular weight excluding hydrogens is 629 g/mol. The van der Waals surface area contributed by atoms with Gasteiger partial charge in [0.1, 0.15) is 17.7 Å². The number of rotatable bonds is 6. The van der Waals surface area contributed by atoms with Crippen molar-refractivity contribution in [3.05, 3.63) is 63.8 Å². The van der Waals surface area contributed by atoms with Gasteiger partial charge in [-0.1, -0.05) is 25.4 Å². The molecule has 0 spiro atoms. The number of benzene rings is 1. The van der Waals surface area contributed by atoms with E-state index in [4.69, 9.17) is 11.6 Å². The molecule has 0 aliphatic carbocycles. The summed E-state index contributed by atoms with van der Waals surface area (Å²) < 4.78 is 17.2. The van der Waals surface area contributed by atoms with Gasteiger partial charge in [-0.15, -0.1) is 0 Å². The van der Waals surface area contributed by atoms with E-state index in [0.717, 1.165) is 34.7 Å². The summed E-state index contributed by atoms with van der Waals surface area (Å²) in [6.07, 6.45) is 5.31. The highest BCUT2D eigenvalue weighted by Crippen LogP contribution is 2.39. The van der Waals surface area contributed by atoms with E-state index in [2.05, 4.69) is 39.5 Å². The van der Waals surface area contributed by atoms with Gasteiger partial charge >= 0.3 is 0 Å². The number of carbonyl (C=O) groups is 5. The molecule has 0 radical (unpaired) electrons. The van der Waals surface area contributed by atoms with Gasteiger partial charge < -0.3 is 5.32 Å². The average Bonchev–Trinajstić information content (AvgIpc) is 3.62. The first-order chi connectivity index (χ1) is 22.4. The summed E-state index contributed by atoms with van der Waals surface area (Å²) in [5.74, 6) is -3.69. The van der Waals surface area contributed by atoms with E-state index >= 15 is 4.39 Å². The van der Waals surface area contributed by atoms with E-state index in [0.29, 0.717) is 48.9 Å². The average molecular weight is 662 g/mol. The Labute approximate surface area is 274 Å². The molecule has 2 fully saturated rings. The summed E-state index contributed by atoms with van der Waals surface area (Å²) in [4.78, 5) is 70.4. The number of likely N-dealkylation sites (tertiary alicyclic amines) is 1. The van der Waals surface area contributed by atoms with Crippen molar-refractivity contribution < 1.29 is 28.4 Å². The molecule has 1 unspecified atom stereocenters. The molecule has 3 aromatic rings. The van der Waals surface area contributed by atoms with Gasteiger partial charge in [0.05, 0.1) is 22.3 Å². The molecule has 6 heterocycles. The van der Waals surface area contributed by atoms with Crippen LogP contribution in [0, 0.1) is 17.2 Å². The molecule has 2 saturated heterocycles. The van der Waals surface area contributed by atoms with E-state index in [1.807, 2.05) is 10.9 Å². The number of aromatic nitrogens is 3. The van der Waals surface area contributed by atoms with Crippen molar-refractivity contribution in [1.29, 1.82) is 0 Å². The van der Waals surface area contributed by atoms with Crippen molar-refractivity contribution in [2.75, 3.05) is 18.4 Å². The molecule has 1 aromatic carbocycles. The molecule has 4 aliphatic rings. The molecular formula is C33H33ClFN7O5. The first-order valence-electron chi connectivity index (χ1n) is 15.7. The Morgan fingerprint density at radius 3 is 2.55 bits per heavy atom. The zero-order chi connectivity index (χ0) is 33.2. The summed E-state index contributed by atoms with van der Waals surface area (Å²) in [5, 5.41) is 10.1. The smallest absolute Gasteiger partial charge is 0.265 e. The van der Waals surface area contributed by atoms with E-state index in [-0.39, 0.29) is 41.2 Å². The predicted octanol–water partition coefficient (Wildman–Crippen LogP) is 3.57. The fourth-order valence-corrected chi connectivity index (χ4v) is 7.33. The third-order valence-corrected chi connectivity index (χ3v) is 9.79. The van der Waals surface area contributed by atoms with Crippen LogP contribution in [0.4, 0.5) is 10.2 Å². The lowest BCUT2D eigenvalue weighted by Crippen LogP contribution is -2.54. The van der Waals surface area contributed by atoms with Crippen molar-refractivity contribution in [3.8, 4) is 11.1 Å². The van der Waals surface area contributed by atoms with Crippen LogP contribution in [0.3, 0.4) is 0 Å². The summed E-state index contributed by atoms with van der Waals surface area (Å²) >= 11 is 6.53. The Balaban J connectivity index is 0.979. The first kappa shape index (κ1) is 31.1. The molecule has 2 N–H and O–H groups in total. The van der Waals surface area contributed by atoms with Gasteiger partial charge in [0.25, 0.3) is 11.8 Å². The molecule has 4 aliphatic heterocycles. The monoisotopic (exact) mass is 661 g/mol. The van der Waals surface area contributed by atoms with E-state index in [1.54, 1.807) is 6.07 Å². The van der Waals surface area contributed by atoms with Crippen molar-refractivity contribution >= 4 is 47.0 Å². The Hall–Kier alpha value is -4.49. The van der Waals surface area contributed by atoms with Crippen LogP contribution in [0.2, 0.25) is 5.02 Å². The quantitative estimate of drug-likeness (QED) is 0.381. The number of pyridine rings is 1. The van der Waals surface area contributed by atoms with Crippen LogP contribution in [0.25, 0.3) is 11.1 Å². The van der Waals surface area contributed by atoms with Crippen LogP contribution in [-0.4, -0.2) is 73.2 Å². The number of carbonyl (C=O) groups excluding carboxylic acids is 5. The highest BCUT2D eigenvalue weighted by molar-refractivity contribution is 6.33. The lowest BCUT2D eigenvalue weighted by molar-refractivity contribution is -0.136. The summed E-state index contributed by atoms with van der Waals surface area (Å²) in [5.41, 5.74) is 2.97. The van der Waals surface area contributed by atoms with Gasteiger partial charge in [0, 0.05) is 48.4 Å². The molecule has 1 atom stereocenters. The van der Waals surface area contributed by atoms with Crippen LogP contribution in [-0.2, 0) is 33.9 Å². The first-order valence-corrected chi connectivity index (χ1v) is 16.0. The molecule has 244 valence electrons. The number of hydrogen-bond acceptors (Lipinski definition) is 8. The third-order valence-electron chi connectivity index (χ3n) is 9.49. The van der Waals surface area contributed by atoms with E-state index in [1.165, 1.54) is 18.3 Å².